The van der Waals surface area contributed by atoms with Crippen LogP contribution >= 0.6 is 0 Å². The third-order valence-electron chi connectivity index (χ3n) is 5.05. The minimum Gasteiger partial charge on any atom is -0.497 e. The molecule has 0 atom stereocenters. The van der Waals surface area contributed by atoms with Crippen molar-refractivity contribution >= 4 is 17.2 Å². The number of benzene rings is 2. The number of ether oxygens (including phenoxy) is 1. The van der Waals surface area contributed by atoms with E-state index in [1.165, 1.54) is 11.1 Å². The second-order valence-corrected chi connectivity index (χ2v) is 7.02. The number of rotatable bonds is 6. The summed E-state index contributed by atoms with van der Waals surface area (Å²) in [5.74, 6) is 1.69. The molecule has 4 rings (SSSR count). The summed E-state index contributed by atoms with van der Waals surface area (Å²) in [7, 11) is 1.67. The Morgan fingerprint density at radius 2 is 1.93 bits per heavy atom. The Kier molecular flexibility index (Phi) is 5.73. The van der Waals surface area contributed by atoms with Crippen LogP contribution in [0.3, 0.4) is 0 Å². The molecular weight excluding hydrogens is 348 g/mol. The van der Waals surface area contributed by atoms with Gasteiger partial charge in [-0.3, -0.25) is 4.90 Å². The van der Waals surface area contributed by atoms with Gasteiger partial charge in [-0.2, -0.15) is 0 Å². The molecule has 0 aliphatic carbocycles. The highest BCUT2D eigenvalue weighted by molar-refractivity contribution is 5.63. The van der Waals surface area contributed by atoms with Gasteiger partial charge in [0.1, 0.15) is 11.6 Å². The standard InChI is InChI=1S/C23H26N4O/c1-28-21-9-7-20(8-10-21)26-23-15-22-19(16-25-23)17-27(14-12-24-22)13-11-18-5-3-2-4-6-18/h2-10,15-16,24H,11-14,17H2,1H3,(H,25,26). The lowest BCUT2D eigenvalue weighted by atomic mass is 10.1. The van der Waals surface area contributed by atoms with Crippen molar-refractivity contribution in [3.8, 4) is 5.75 Å². The molecule has 0 amide bonds. The number of hydrogen-bond acceptors (Lipinski definition) is 5. The number of aromatic nitrogens is 1. The molecule has 1 aromatic heterocycles. The predicted octanol–water partition coefficient (Wildman–Crippen LogP) is 4.30. The van der Waals surface area contributed by atoms with Gasteiger partial charge in [0, 0.05) is 55.4 Å². The smallest absolute Gasteiger partial charge is 0.132 e. The molecule has 0 spiro atoms. The summed E-state index contributed by atoms with van der Waals surface area (Å²) in [5, 5.41) is 6.92. The van der Waals surface area contributed by atoms with Crippen molar-refractivity contribution < 1.29 is 4.74 Å². The van der Waals surface area contributed by atoms with Gasteiger partial charge in [-0.1, -0.05) is 30.3 Å². The molecule has 3 aromatic rings. The second kappa shape index (κ2) is 8.76. The lowest BCUT2D eigenvalue weighted by Crippen LogP contribution is -2.28. The molecule has 1 aliphatic rings. The van der Waals surface area contributed by atoms with Gasteiger partial charge in [-0.15, -0.1) is 0 Å². The van der Waals surface area contributed by atoms with Crippen LogP contribution in [0.5, 0.6) is 5.75 Å². The van der Waals surface area contributed by atoms with Gasteiger partial charge in [-0.25, -0.2) is 4.98 Å². The van der Waals surface area contributed by atoms with E-state index in [0.717, 1.165) is 55.5 Å². The first-order valence-corrected chi connectivity index (χ1v) is 9.70. The number of hydrogen-bond donors (Lipinski definition) is 2. The Morgan fingerprint density at radius 1 is 1.11 bits per heavy atom. The van der Waals surface area contributed by atoms with E-state index < -0.39 is 0 Å². The molecule has 0 bridgehead atoms. The van der Waals surface area contributed by atoms with Crippen molar-refractivity contribution in [2.24, 2.45) is 0 Å². The van der Waals surface area contributed by atoms with Crippen molar-refractivity contribution in [3.63, 3.8) is 0 Å². The number of fused-ring (bicyclic) bond motifs is 1. The van der Waals surface area contributed by atoms with Crippen molar-refractivity contribution in [1.82, 2.24) is 9.88 Å². The maximum Gasteiger partial charge on any atom is 0.132 e. The minimum atomic E-state index is 0.842. The Morgan fingerprint density at radius 3 is 2.71 bits per heavy atom. The van der Waals surface area contributed by atoms with Crippen LogP contribution in [0.15, 0.2) is 66.9 Å². The maximum absolute atomic E-state index is 5.21. The summed E-state index contributed by atoms with van der Waals surface area (Å²) in [5.41, 5.74) is 4.78. The Bertz CT molecular complexity index is 896. The van der Waals surface area contributed by atoms with E-state index in [0.29, 0.717) is 0 Å². The maximum atomic E-state index is 5.21. The van der Waals surface area contributed by atoms with E-state index in [2.05, 4.69) is 56.9 Å². The molecule has 0 saturated carbocycles. The zero-order valence-electron chi connectivity index (χ0n) is 16.2. The Hall–Kier alpha value is -3.05. The van der Waals surface area contributed by atoms with Gasteiger partial charge in [0.15, 0.2) is 0 Å². The van der Waals surface area contributed by atoms with Crippen molar-refractivity contribution in [3.05, 3.63) is 78.0 Å². The summed E-state index contributed by atoms with van der Waals surface area (Å²) >= 11 is 0. The van der Waals surface area contributed by atoms with Crippen molar-refractivity contribution in [1.29, 1.82) is 0 Å². The summed E-state index contributed by atoms with van der Waals surface area (Å²) in [6.45, 7) is 3.94. The molecule has 0 radical (unpaired) electrons. The summed E-state index contributed by atoms with van der Waals surface area (Å²) < 4.78 is 5.21. The quantitative estimate of drug-likeness (QED) is 0.674. The van der Waals surface area contributed by atoms with Crippen LogP contribution in [0.4, 0.5) is 17.2 Å². The SMILES string of the molecule is COc1ccc(Nc2cc3c(cn2)CN(CCc2ccccc2)CCN3)cc1. The van der Waals surface area contributed by atoms with Crippen LogP contribution < -0.4 is 15.4 Å². The summed E-state index contributed by atoms with van der Waals surface area (Å²) in [6.07, 6.45) is 3.05. The van der Waals surface area contributed by atoms with E-state index >= 15 is 0 Å². The van der Waals surface area contributed by atoms with Crippen LogP contribution in [0.1, 0.15) is 11.1 Å². The lowest BCUT2D eigenvalue weighted by Gasteiger charge is -2.19. The molecule has 2 heterocycles. The highest BCUT2D eigenvalue weighted by Crippen LogP contribution is 2.25. The lowest BCUT2D eigenvalue weighted by molar-refractivity contribution is 0.284. The first kappa shape index (κ1) is 18.3. The van der Waals surface area contributed by atoms with Gasteiger partial charge in [0.25, 0.3) is 0 Å². The van der Waals surface area contributed by atoms with Crippen LogP contribution in [0.2, 0.25) is 0 Å². The highest BCUT2D eigenvalue weighted by Gasteiger charge is 2.15. The zero-order valence-corrected chi connectivity index (χ0v) is 16.2. The van der Waals surface area contributed by atoms with Gasteiger partial charge in [-0.05, 0) is 36.2 Å². The largest absolute Gasteiger partial charge is 0.497 e. The topological polar surface area (TPSA) is 49.4 Å². The van der Waals surface area contributed by atoms with Gasteiger partial charge in [0.05, 0.1) is 7.11 Å². The number of anilines is 3. The second-order valence-electron chi connectivity index (χ2n) is 7.02. The molecule has 5 heteroatoms. The van der Waals surface area contributed by atoms with Crippen LogP contribution in [0.25, 0.3) is 0 Å². The van der Waals surface area contributed by atoms with Crippen LogP contribution in [-0.2, 0) is 13.0 Å². The summed E-state index contributed by atoms with van der Waals surface area (Å²) in [4.78, 5) is 7.11. The zero-order chi connectivity index (χ0) is 19.2. The molecule has 0 fully saturated rings. The number of pyridine rings is 1. The molecule has 1 aliphatic heterocycles. The van der Waals surface area contributed by atoms with E-state index in [-0.39, 0.29) is 0 Å². The Balaban J connectivity index is 1.40. The minimum absolute atomic E-state index is 0.842. The number of nitrogens with one attached hydrogen (secondary N) is 2. The average Bonchev–Trinajstić information content (AvgIpc) is 2.95. The Labute approximate surface area is 166 Å². The monoisotopic (exact) mass is 374 g/mol. The predicted molar refractivity (Wildman–Crippen MR) is 114 cm³/mol. The fourth-order valence-corrected chi connectivity index (χ4v) is 3.46. The molecule has 2 N–H and O–H groups in total. The molecule has 0 unspecified atom stereocenters. The van der Waals surface area contributed by atoms with Crippen LogP contribution in [0, 0.1) is 0 Å². The van der Waals surface area contributed by atoms with E-state index in [9.17, 15) is 0 Å². The van der Waals surface area contributed by atoms with Crippen molar-refractivity contribution in [2.75, 3.05) is 37.4 Å². The van der Waals surface area contributed by atoms with E-state index in [1.54, 1.807) is 7.11 Å². The third kappa shape index (κ3) is 4.61. The first-order chi connectivity index (χ1) is 13.8. The molecule has 2 aromatic carbocycles. The number of methoxy groups -OCH3 is 1. The fourth-order valence-electron chi connectivity index (χ4n) is 3.46. The van der Waals surface area contributed by atoms with Crippen molar-refractivity contribution in [2.45, 2.75) is 13.0 Å². The van der Waals surface area contributed by atoms with E-state index in [1.807, 2.05) is 30.5 Å². The third-order valence-corrected chi connectivity index (χ3v) is 5.05. The molecule has 28 heavy (non-hydrogen) atoms. The highest BCUT2D eigenvalue weighted by atomic mass is 16.5. The molecule has 0 saturated heterocycles. The summed E-state index contributed by atoms with van der Waals surface area (Å²) in [6, 6.07) is 20.6. The normalized spacial score (nSPS) is 13.9. The average molecular weight is 374 g/mol. The fraction of sp³-hybridized carbons (Fsp3) is 0.261. The van der Waals surface area contributed by atoms with Crippen LogP contribution in [-0.4, -0.2) is 36.6 Å². The van der Waals surface area contributed by atoms with Gasteiger partial charge < -0.3 is 15.4 Å². The van der Waals surface area contributed by atoms with Gasteiger partial charge >= 0.3 is 0 Å². The first-order valence-electron chi connectivity index (χ1n) is 9.70. The molecular formula is C23H26N4O. The van der Waals surface area contributed by atoms with E-state index in [4.69, 9.17) is 4.74 Å². The number of nitrogens with zero attached hydrogens (tertiary/aromatic N) is 2. The van der Waals surface area contributed by atoms with Gasteiger partial charge in [0.2, 0.25) is 0 Å². The molecule has 5 nitrogen and oxygen atoms in total. The molecule has 144 valence electrons.